The highest BCUT2D eigenvalue weighted by molar-refractivity contribution is 7.09. The van der Waals surface area contributed by atoms with Crippen LogP contribution in [0.3, 0.4) is 0 Å². The van der Waals surface area contributed by atoms with Gasteiger partial charge in [0.05, 0.1) is 6.42 Å². The maximum absolute atomic E-state index is 14.0. The van der Waals surface area contributed by atoms with E-state index in [4.69, 9.17) is 0 Å². The highest BCUT2D eigenvalue weighted by Crippen LogP contribution is 2.30. The Hall–Kier alpha value is -4.23. The van der Waals surface area contributed by atoms with E-state index in [1.165, 1.54) is 0 Å². The fraction of sp³-hybridized carbons (Fsp3) is 0.265. The van der Waals surface area contributed by atoms with Gasteiger partial charge in [0, 0.05) is 42.2 Å². The van der Waals surface area contributed by atoms with Crippen molar-refractivity contribution in [2.75, 3.05) is 19.6 Å². The van der Waals surface area contributed by atoms with Gasteiger partial charge in [-0.2, -0.15) is 0 Å². The first-order chi connectivity index (χ1) is 20.0. The Morgan fingerprint density at radius 1 is 0.707 bits per heavy atom. The van der Waals surface area contributed by atoms with Crippen LogP contribution in [0.1, 0.15) is 57.3 Å². The number of hydrogen-bond acceptors (Lipinski definition) is 4. The predicted molar refractivity (Wildman–Crippen MR) is 164 cm³/mol. The number of carboxylic acids is 1. The van der Waals surface area contributed by atoms with Crippen LogP contribution in [-0.4, -0.2) is 52.3 Å². The Balaban J connectivity index is 1.67. The molecule has 0 aliphatic carbocycles. The maximum Gasteiger partial charge on any atom is 0.305 e. The van der Waals surface area contributed by atoms with Crippen molar-refractivity contribution >= 4 is 29.1 Å². The molecule has 41 heavy (non-hydrogen) atoms. The molecule has 0 aliphatic rings. The van der Waals surface area contributed by atoms with E-state index in [9.17, 15) is 19.5 Å². The zero-order valence-corrected chi connectivity index (χ0v) is 24.2. The van der Waals surface area contributed by atoms with Gasteiger partial charge in [0.1, 0.15) is 0 Å². The summed E-state index contributed by atoms with van der Waals surface area (Å²) in [7, 11) is 0. The van der Waals surface area contributed by atoms with Gasteiger partial charge >= 0.3 is 5.97 Å². The number of thiophene rings is 1. The van der Waals surface area contributed by atoms with Gasteiger partial charge in [-0.05, 0) is 53.1 Å². The number of rotatable bonds is 14. The molecule has 0 radical (unpaired) electrons. The third kappa shape index (κ3) is 8.14. The second-order valence-corrected chi connectivity index (χ2v) is 11.0. The minimum atomic E-state index is -0.950. The van der Waals surface area contributed by atoms with Crippen LogP contribution in [0.15, 0.2) is 96.4 Å². The van der Waals surface area contributed by atoms with E-state index >= 15 is 0 Å². The Morgan fingerprint density at radius 2 is 1.32 bits per heavy atom. The molecule has 0 bridgehead atoms. The topological polar surface area (TPSA) is 77.9 Å². The highest BCUT2D eigenvalue weighted by atomic mass is 32.1. The van der Waals surface area contributed by atoms with Gasteiger partial charge in [0.15, 0.2) is 0 Å². The first kappa shape index (κ1) is 29.7. The minimum absolute atomic E-state index is 0.0828. The second kappa shape index (κ2) is 15.0. The molecule has 1 N–H and O–H groups in total. The average molecular weight is 569 g/mol. The van der Waals surface area contributed by atoms with Gasteiger partial charge in [-0.1, -0.05) is 86.1 Å². The van der Waals surface area contributed by atoms with E-state index in [1.807, 2.05) is 89.1 Å². The van der Waals surface area contributed by atoms with Gasteiger partial charge in [0.2, 0.25) is 0 Å². The number of nitrogens with zero attached hydrogens (tertiary/aromatic N) is 2. The van der Waals surface area contributed by atoms with E-state index in [0.717, 1.165) is 23.3 Å². The molecule has 4 aromatic rings. The molecule has 4 rings (SSSR count). The largest absolute Gasteiger partial charge is 0.481 e. The lowest BCUT2D eigenvalue weighted by molar-refractivity contribution is -0.137. The Bertz CT molecular complexity index is 1440. The standard InChI is InChI=1S/C34H36N2O4S/c1-2-3-21-36(25-26-12-5-4-6-13-26)34(40)31-18-10-8-16-29(31)28-15-7-9-17-30(28)33(39)35(23-20-32(37)38)22-19-27-14-11-24-41-27/h4-18,24H,2-3,19-23,25H2,1H3,(H,37,38). The van der Waals surface area contributed by atoms with E-state index in [0.29, 0.717) is 48.3 Å². The third-order valence-corrected chi connectivity index (χ3v) is 7.92. The van der Waals surface area contributed by atoms with Crippen molar-refractivity contribution in [3.63, 3.8) is 0 Å². The summed E-state index contributed by atoms with van der Waals surface area (Å²) in [5.74, 6) is -1.28. The quantitative estimate of drug-likeness (QED) is 0.177. The van der Waals surface area contributed by atoms with Gasteiger partial charge in [-0.25, -0.2) is 0 Å². The second-order valence-electron chi connectivity index (χ2n) is 9.92. The molecule has 0 spiro atoms. The summed E-state index contributed by atoms with van der Waals surface area (Å²) in [6.45, 7) is 3.75. The van der Waals surface area contributed by atoms with Crippen LogP contribution in [0.25, 0.3) is 11.1 Å². The van der Waals surface area contributed by atoms with Gasteiger partial charge in [-0.3, -0.25) is 14.4 Å². The van der Waals surface area contributed by atoms with Crippen LogP contribution in [0.4, 0.5) is 0 Å². The summed E-state index contributed by atoms with van der Waals surface area (Å²) in [6, 6.07) is 28.7. The number of carbonyl (C=O) groups is 3. The molecule has 2 amide bonds. The summed E-state index contributed by atoms with van der Waals surface area (Å²) >= 11 is 1.61. The Labute approximate surface area is 245 Å². The van der Waals surface area contributed by atoms with Crippen LogP contribution >= 0.6 is 11.3 Å². The maximum atomic E-state index is 14.0. The smallest absolute Gasteiger partial charge is 0.305 e. The summed E-state index contributed by atoms with van der Waals surface area (Å²) in [5, 5.41) is 11.3. The molecule has 3 aromatic carbocycles. The molecule has 0 unspecified atom stereocenters. The van der Waals surface area contributed by atoms with Crippen LogP contribution in [-0.2, 0) is 17.8 Å². The van der Waals surface area contributed by atoms with Crippen LogP contribution < -0.4 is 0 Å². The molecule has 6 nitrogen and oxygen atoms in total. The summed E-state index contributed by atoms with van der Waals surface area (Å²) in [5.41, 5.74) is 3.40. The van der Waals surface area contributed by atoms with Crippen LogP contribution in [0.5, 0.6) is 0 Å². The normalized spacial score (nSPS) is 10.8. The highest BCUT2D eigenvalue weighted by Gasteiger charge is 2.24. The van der Waals surface area contributed by atoms with Crippen molar-refractivity contribution in [1.29, 1.82) is 0 Å². The number of carboxylic acid groups (broad SMARTS) is 1. The van der Waals surface area contributed by atoms with Crippen molar-refractivity contribution in [1.82, 2.24) is 9.80 Å². The molecule has 1 heterocycles. The molecule has 0 atom stereocenters. The molecule has 0 saturated heterocycles. The Kier molecular flexibility index (Phi) is 10.9. The number of aliphatic carboxylic acids is 1. The van der Waals surface area contributed by atoms with Crippen molar-refractivity contribution < 1.29 is 19.5 Å². The van der Waals surface area contributed by atoms with E-state index in [-0.39, 0.29) is 24.8 Å². The fourth-order valence-corrected chi connectivity index (χ4v) is 5.50. The van der Waals surface area contributed by atoms with Gasteiger partial charge in [0.25, 0.3) is 11.8 Å². The van der Waals surface area contributed by atoms with E-state index in [1.54, 1.807) is 28.4 Å². The molecule has 0 saturated carbocycles. The molecule has 1 aromatic heterocycles. The zero-order valence-electron chi connectivity index (χ0n) is 23.4. The van der Waals surface area contributed by atoms with Crippen molar-refractivity contribution in [3.8, 4) is 11.1 Å². The van der Waals surface area contributed by atoms with Gasteiger partial charge in [-0.15, -0.1) is 11.3 Å². The van der Waals surface area contributed by atoms with Gasteiger partial charge < -0.3 is 14.9 Å². The fourth-order valence-electron chi connectivity index (χ4n) is 4.80. The van der Waals surface area contributed by atoms with Crippen LogP contribution in [0, 0.1) is 0 Å². The molecule has 7 heteroatoms. The van der Waals surface area contributed by atoms with Crippen LogP contribution in [0.2, 0.25) is 0 Å². The number of carbonyl (C=O) groups excluding carboxylic acids is 2. The van der Waals surface area contributed by atoms with E-state index in [2.05, 4.69) is 6.92 Å². The average Bonchev–Trinajstić information content (AvgIpc) is 3.53. The predicted octanol–water partition coefficient (Wildman–Crippen LogP) is 7.02. The zero-order chi connectivity index (χ0) is 29.0. The van der Waals surface area contributed by atoms with E-state index < -0.39 is 5.97 Å². The monoisotopic (exact) mass is 568 g/mol. The molecule has 212 valence electrons. The lowest BCUT2D eigenvalue weighted by atomic mass is 9.93. The molecular formula is C34H36N2O4S. The number of benzene rings is 3. The first-order valence-corrected chi connectivity index (χ1v) is 14.9. The number of amides is 2. The van der Waals surface area contributed by atoms with Crippen molar-refractivity contribution in [3.05, 3.63) is 118 Å². The lowest BCUT2D eigenvalue weighted by Gasteiger charge is -2.26. The summed E-state index contributed by atoms with van der Waals surface area (Å²) in [4.78, 5) is 44.0. The molecular weight excluding hydrogens is 532 g/mol. The lowest BCUT2D eigenvalue weighted by Crippen LogP contribution is -2.35. The molecule has 0 fully saturated rings. The summed E-state index contributed by atoms with van der Waals surface area (Å²) < 4.78 is 0. The SMILES string of the molecule is CCCCN(Cc1ccccc1)C(=O)c1ccccc1-c1ccccc1C(=O)N(CCC(=O)O)CCc1cccs1. The number of hydrogen-bond donors (Lipinski definition) is 1. The minimum Gasteiger partial charge on any atom is -0.481 e. The Morgan fingerprint density at radius 3 is 1.90 bits per heavy atom. The summed E-state index contributed by atoms with van der Waals surface area (Å²) in [6.07, 6.45) is 2.36. The number of unbranched alkanes of at least 4 members (excludes halogenated alkanes) is 1. The third-order valence-electron chi connectivity index (χ3n) is 6.98. The first-order valence-electron chi connectivity index (χ1n) is 14.0. The molecule has 0 aliphatic heterocycles. The van der Waals surface area contributed by atoms with Crippen molar-refractivity contribution in [2.24, 2.45) is 0 Å². The van der Waals surface area contributed by atoms with Crippen molar-refractivity contribution in [2.45, 2.75) is 39.2 Å².